The third-order valence-electron chi connectivity index (χ3n) is 6.52. The van der Waals surface area contributed by atoms with Crippen LogP contribution in [0.25, 0.3) is 11.0 Å². The lowest BCUT2D eigenvalue weighted by atomic mass is 10.1. The number of rotatable bonds is 11. The molecule has 1 fully saturated rings. The standard InChI is InChI=1S/C31H34N2O5S/c1-3-36-28-19-26(33-14-16-35-17-15-33)29(37-4-2)18-25(28)32-31(34)30-24(23-12-8-9-13-27(23)38-30)21-39-20-22-10-6-5-7-11-22/h5-13,18-19H,3-4,14-17,20-21H2,1-2H3,(H,32,34). The van der Waals surface area contributed by atoms with Crippen molar-refractivity contribution in [3.8, 4) is 11.5 Å². The van der Waals surface area contributed by atoms with Gasteiger partial charge >= 0.3 is 0 Å². The lowest BCUT2D eigenvalue weighted by molar-refractivity contribution is 0.0997. The molecule has 1 saturated heterocycles. The Hall–Kier alpha value is -3.62. The Morgan fingerprint density at radius 1 is 0.923 bits per heavy atom. The second-order valence-corrected chi connectivity index (χ2v) is 10.1. The summed E-state index contributed by atoms with van der Waals surface area (Å²) < 4.78 is 23.6. The van der Waals surface area contributed by atoms with Crippen molar-refractivity contribution in [2.24, 2.45) is 0 Å². The van der Waals surface area contributed by atoms with Gasteiger partial charge < -0.3 is 28.8 Å². The molecule has 0 atom stereocenters. The maximum absolute atomic E-state index is 13.7. The van der Waals surface area contributed by atoms with Gasteiger partial charge in [-0.15, -0.1) is 0 Å². The van der Waals surface area contributed by atoms with Crippen LogP contribution in [0.5, 0.6) is 11.5 Å². The monoisotopic (exact) mass is 546 g/mol. The number of anilines is 2. The summed E-state index contributed by atoms with van der Waals surface area (Å²) in [6.45, 7) is 7.69. The van der Waals surface area contributed by atoms with Crippen molar-refractivity contribution in [2.45, 2.75) is 25.4 Å². The molecular weight excluding hydrogens is 512 g/mol. The Bertz CT molecular complexity index is 1400. The fourth-order valence-electron chi connectivity index (χ4n) is 4.69. The van der Waals surface area contributed by atoms with Crippen LogP contribution in [0.2, 0.25) is 0 Å². The molecule has 0 saturated carbocycles. The van der Waals surface area contributed by atoms with E-state index in [1.165, 1.54) is 5.56 Å². The van der Waals surface area contributed by atoms with Gasteiger partial charge in [0.15, 0.2) is 5.76 Å². The molecule has 1 aliphatic heterocycles. The second-order valence-electron chi connectivity index (χ2n) is 9.12. The number of para-hydroxylation sites is 1. The topological polar surface area (TPSA) is 73.2 Å². The Balaban J connectivity index is 1.44. The van der Waals surface area contributed by atoms with E-state index in [2.05, 4.69) is 22.3 Å². The van der Waals surface area contributed by atoms with Gasteiger partial charge in [0.05, 0.1) is 37.8 Å². The largest absolute Gasteiger partial charge is 0.492 e. The highest BCUT2D eigenvalue weighted by Gasteiger charge is 2.24. The summed E-state index contributed by atoms with van der Waals surface area (Å²) in [7, 11) is 0. The molecule has 7 nitrogen and oxygen atoms in total. The summed E-state index contributed by atoms with van der Waals surface area (Å²) in [5, 5.41) is 4.01. The van der Waals surface area contributed by atoms with Crippen LogP contribution in [0, 0.1) is 0 Å². The van der Waals surface area contributed by atoms with Crippen molar-refractivity contribution >= 4 is 40.0 Å². The smallest absolute Gasteiger partial charge is 0.291 e. The molecule has 1 N–H and O–H groups in total. The first kappa shape index (κ1) is 27.0. The predicted octanol–water partition coefficient (Wildman–Crippen LogP) is 6.75. The van der Waals surface area contributed by atoms with Crippen LogP contribution in [0.1, 0.15) is 35.5 Å². The number of ether oxygens (including phenoxy) is 3. The van der Waals surface area contributed by atoms with E-state index >= 15 is 0 Å². The Morgan fingerprint density at radius 3 is 2.41 bits per heavy atom. The molecular formula is C31H34N2O5S. The van der Waals surface area contributed by atoms with Gasteiger partial charge in [-0.1, -0.05) is 48.5 Å². The number of furan rings is 1. The maximum Gasteiger partial charge on any atom is 0.291 e. The molecule has 8 heteroatoms. The van der Waals surface area contributed by atoms with Crippen LogP contribution in [0.15, 0.2) is 71.1 Å². The summed E-state index contributed by atoms with van der Waals surface area (Å²) in [5.41, 5.74) is 4.30. The van der Waals surface area contributed by atoms with Gasteiger partial charge in [-0.2, -0.15) is 11.8 Å². The number of hydrogen-bond acceptors (Lipinski definition) is 7. The molecule has 39 heavy (non-hydrogen) atoms. The summed E-state index contributed by atoms with van der Waals surface area (Å²) >= 11 is 1.75. The van der Waals surface area contributed by atoms with Gasteiger partial charge in [-0.25, -0.2) is 0 Å². The Labute approximate surface area is 233 Å². The SMILES string of the molecule is CCOc1cc(N2CCOCC2)c(OCC)cc1NC(=O)c1oc2ccccc2c1CSCc1ccccc1. The number of fused-ring (bicyclic) bond motifs is 1. The number of nitrogens with one attached hydrogen (secondary N) is 1. The van der Waals surface area contributed by atoms with E-state index in [9.17, 15) is 4.79 Å². The van der Waals surface area contributed by atoms with Crippen molar-refractivity contribution in [3.05, 3.63) is 83.6 Å². The summed E-state index contributed by atoms with van der Waals surface area (Å²) in [6, 6.07) is 21.9. The molecule has 0 unspecified atom stereocenters. The van der Waals surface area contributed by atoms with E-state index in [0.717, 1.165) is 35.5 Å². The zero-order valence-corrected chi connectivity index (χ0v) is 23.2. The zero-order valence-electron chi connectivity index (χ0n) is 22.4. The normalized spacial score (nSPS) is 13.4. The van der Waals surface area contributed by atoms with E-state index in [4.69, 9.17) is 18.6 Å². The molecule has 3 aromatic carbocycles. The molecule has 4 aromatic rings. The summed E-state index contributed by atoms with van der Waals surface area (Å²) in [6.07, 6.45) is 0. The molecule has 0 radical (unpaired) electrons. The Morgan fingerprint density at radius 2 is 1.64 bits per heavy atom. The number of hydrogen-bond donors (Lipinski definition) is 1. The zero-order chi connectivity index (χ0) is 27.0. The molecule has 1 aliphatic rings. The third kappa shape index (κ3) is 6.34. The Kier molecular flexibility index (Phi) is 8.96. The number of carbonyl (C=O) groups excluding carboxylic acids is 1. The molecule has 5 rings (SSSR count). The van der Waals surface area contributed by atoms with Gasteiger partial charge in [0.2, 0.25) is 0 Å². The van der Waals surface area contributed by atoms with Crippen molar-refractivity contribution in [2.75, 3.05) is 49.7 Å². The first-order valence-corrected chi connectivity index (χ1v) is 14.5. The van der Waals surface area contributed by atoms with Gasteiger partial charge in [0.25, 0.3) is 5.91 Å². The lowest BCUT2D eigenvalue weighted by Gasteiger charge is -2.31. The van der Waals surface area contributed by atoms with E-state index in [0.29, 0.717) is 60.7 Å². The average Bonchev–Trinajstić information content (AvgIpc) is 3.34. The van der Waals surface area contributed by atoms with Crippen LogP contribution in [-0.4, -0.2) is 45.4 Å². The fourth-order valence-corrected chi connectivity index (χ4v) is 5.72. The van der Waals surface area contributed by atoms with Crippen LogP contribution < -0.4 is 19.7 Å². The molecule has 2 heterocycles. The number of amides is 1. The molecule has 1 aromatic heterocycles. The van der Waals surface area contributed by atoms with Gasteiger partial charge in [-0.3, -0.25) is 4.79 Å². The van der Waals surface area contributed by atoms with Gasteiger partial charge in [0, 0.05) is 47.7 Å². The fraction of sp³-hybridized carbons (Fsp3) is 0.323. The van der Waals surface area contributed by atoms with Crippen molar-refractivity contribution < 1.29 is 23.4 Å². The first-order valence-electron chi connectivity index (χ1n) is 13.4. The molecule has 0 bridgehead atoms. The minimum atomic E-state index is -0.316. The molecule has 0 aliphatic carbocycles. The van der Waals surface area contributed by atoms with E-state index in [-0.39, 0.29) is 5.91 Å². The van der Waals surface area contributed by atoms with E-state index < -0.39 is 0 Å². The van der Waals surface area contributed by atoms with E-state index in [1.54, 1.807) is 11.8 Å². The first-order chi connectivity index (χ1) is 19.2. The number of carbonyl (C=O) groups is 1. The van der Waals surface area contributed by atoms with Crippen molar-refractivity contribution in [1.82, 2.24) is 0 Å². The minimum absolute atomic E-state index is 0.314. The number of benzene rings is 3. The number of nitrogens with zero attached hydrogens (tertiary/aromatic N) is 1. The van der Waals surface area contributed by atoms with Crippen molar-refractivity contribution in [3.63, 3.8) is 0 Å². The van der Waals surface area contributed by atoms with Crippen molar-refractivity contribution in [1.29, 1.82) is 0 Å². The lowest BCUT2D eigenvalue weighted by Crippen LogP contribution is -2.36. The second kappa shape index (κ2) is 13.0. The van der Waals surface area contributed by atoms with Crippen LogP contribution in [0.3, 0.4) is 0 Å². The van der Waals surface area contributed by atoms with Gasteiger partial charge in [0.1, 0.15) is 17.1 Å². The minimum Gasteiger partial charge on any atom is -0.492 e. The highest BCUT2D eigenvalue weighted by Crippen LogP contribution is 2.40. The van der Waals surface area contributed by atoms with Gasteiger partial charge in [-0.05, 0) is 25.5 Å². The van der Waals surface area contributed by atoms with Crippen LogP contribution >= 0.6 is 11.8 Å². The molecule has 0 spiro atoms. The average molecular weight is 547 g/mol. The van der Waals surface area contributed by atoms with Crippen LogP contribution in [0.4, 0.5) is 11.4 Å². The van der Waals surface area contributed by atoms with E-state index in [1.807, 2.05) is 68.4 Å². The molecule has 1 amide bonds. The van der Waals surface area contributed by atoms with Crippen LogP contribution in [-0.2, 0) is 16.2 Å². The quantitative estimate of drug-likeness (QED) is 0.223. The highest BCUT2D eigenvalue weighted by atomic mass is 32.2. The highest BCUT2D eigenvalue weighted by molar-refractivity contribution is 7.97. The summed E-state index contributed by atoms with van der Waals surface area (Å²) in [5.74, 6) is 2.77. The maximum atomic E-state index is 13.7. The summed E-state index contributed by atoms with van der Waals surface area (Å²) in [4.78, 5) is 15.9. The number of thioether (sulfide) groups is 1. The number of morpholine rings is 1. The predicted molar refractivity (Wildman–Crippen MR) is 157 cm³/mol. The third-order valence-corrected chi connectivity index (χ3v) is 7.55. The molecule has 204 valence electrons.